The molecule has 0 bridgehead atoms. The maximum absolute atomic E-state index is 12.6. The lowest BCUT2D eigenvalue weighted by Crippen LogP contribution is -2.48. The molecule has 0 spiro atoms. The van der Waals surface area contributed by atoms with E-state index in [1.165, 1.54) is 23.0 Å². The van der Waals surface area contributed by atoms with Crippen molar-refractivity contribution in [3.63, 3.8) is 0 Å². The monoisotopic (exact) mass is 522 g/mol. The van der Waals surface area contributed by atoms with Crippen LogP contribution in [0.3, 0.4) is 0 Å². The molecule has 11 nitrogen and oxygen atoms in total. The van der Waals surface area contributed by atoms with Crippen molar-refractivity contribution in [3.05, 3.63) is 52.4 Å². The van der Waals surface area contributed by atoms with Crippen molar-refractivity contribution >= 4 is 46.1 Å². The van der Waals surface area contributed by atoms with Gasteiger partial charge in [0.05, 0.1) is 15.4 Å². The number of fused-ring (bicyclic) bond motifs is 1. The third-order valence-electron chi connectivity index (χ3n) is 6.28. The quantitative estimate of drug-likeness (QED) is 0.346. The first kappa shape index (κ1) is 24.2. The van der Waals surface area contributed by atoms with Gasteiger partial charge in [0, 0.05) is 32.4 Å². The predicted octanol–water partition coefficient (Wildman–Crippen LogP) is 1.53. The Morgan fingerprint density at radius 3 is 2.66 bits per heavy atom. The van der Waals surface area contributed by atoms with Gasteiger partial charge < -0.3 is 34.8 Å². The zero-order valence-electron chi connectivity index (χ0n) is 18.4. The molecule has 1 aromatic carbocycles. The first-order valence-electron chi connectivity index (χ1n) is 11.1. The van der Waals surface area contributed by atoms with Crippen molar-refractivity contribution < 1.29 is 24.9 Å². The van der Waals surface area contributed by atoms with Crippen molar-refractivity contribution in [3.8, 4) is 0 Å². The number of amides is 2. The number of rotatable bonds is 4. The standard InChI is InChI=1S/C22H24Cl2N6O5/c23-13-2-1-11(9-14(13)24)15(31)18-16(32)17(33)21(35-18)30-6-3-12-19(26-10-27-20(12)30)28-22(34)29-7-4-25-5-8-29/h1-3,6,9-10,15-18,21,25,31-33H,4-5,7-8H2,(H,26,27,28,34)/t15-,16+,17-,18-,21-/m1/s1. The van der Waals surface area contributed by atoms with Gasteiger partial charge in [0.1, 0.15) is 42.2 Å². The van der Waals surface area contributed by atoms with E-state index in [1.54, 1.807) is 23.2 Å². The Labute approximate surface area is 210 Å². The SMILES string of the molecule is O=C(Nc1ncnc2c1ccn2[C@@H]1O[C@H]([C@H](O)c2ccc(Cl)c(Cl)c2)[C@@H](O)[C@H]1O)N1CCNCC1. The fourth-order valence-electron chi connectivity index (χ4n) is 4.39. The lowest BCUT2D eigenvalue weighted by Gasteiger charge is -2.27. The maximum atomic E-state index is 12.6. The number of nitrogens with one attached hydrogen (secondary N) is 2. The summed E-state index contributed by atoms with van der Waals surface area (Å²) < 4.78 is 7.45. The van der Waals surface area contributed by atoms with E-state index in [1.807, 2.05) is 0 Å². The number of hydrogen-bond donors (Lipinski definition) is 5. The Morgan fingerprint density at radius 1 is 1.14 bits per heavy atom. The Morgan fingerprint density at radius 2 is 1.91 bits per heavy atom. The molecule has 2 aliphatic heterocycles. The third kappa shape index (κ3) is 4.56. The molecule has 2 fully saturated rings. The van der Waals surface area contributed by atoms with Crippen LogP contribution in [0, 0.1) is 0 Å². The Balaban J connectivity index is 1.38. The van der Waals surface area contributed by atoms with Crippen molar-refractivity contribution in [2.45, 2.75) is 30.6 Å². The molecule has 4 heterocycles. The van der Waals surface area contributed by atoms with Gasteiger partial charge in [-0.3, -0.25) is 5.32 Å². The van der Waals surface area contributed by atoms with Crippen LogP contribution in [-0.4, -0.2) is 85.3 Å². The molecular weight excluding hydrogens is 499 g/mol. The van der Waals surface area contributed by atoms with E-state index in [4.69, 9.17) is 27.9 Å². The molecule has 2 saturated heterocycles. The van der Waals surface area contributed by atoms with Gasteiger partial charge in [-0.2, -0.15) is 0 Å². The van der Waals surface area contributed by atoms with E-state index in [2.05, 4.69) is 20.6 Å². The van der Waals surface area contributed by atoms with Crippen LogP contribution in [0.25, 0.3) is 11.0 Å². The van der Waals surface area contributed by atoms with Crippen LogP contribution in [0.15, 0.2) is 36.8 Å². The number of urea groups is 1. The largest absolute Gasteiger partial charge is 0.387 e. The molecule has 0 unspecified atom stereocenters. The molecule has 35 heavy (non-hydrogen) atoms. The summed E-state index contributed by atoms with van der Waals surface area (Å²) in [4.78, 5) is 22.8. The highest BCUT2D eigenvalue weighted by Crippen LogP contribution is 2.39. The summed E-state index contributed by atoms with van der Waals surface area (Å²) in [6.45, 7) is 2.61. The van der Waals surface area contributed by atoms with Gasteiger partial charge in [0.2, 0.25) is 0 Å². The number of hydrogen-bond acceptors (Lipinski definition) is 8. The van der Waals surface area contributed by atoms with E-state index < -0.39 is 30.6 Å². The number of halogens is 2. The third-order valence-corrected chi connectivity index (χ3v) is 7.02. The number of nitrogens with zero attached hydrogens (tertiary/aromatic N) is 4. The first-order valence-corrected chi connectivity index (χ1v) is 11.8. The summed E-state index contributed by atoms with van der Waals surface area (Å²) in [5.41, 5.74) is 0.769. The van der Waals surface area contributed by atoms with Crippen LogP contribution in [0.5, 0.6) is 0 Å². The summed E-state index contributed by atoms with van der Waals surface area (Å²) >= 11 is 12.0. The first-order chi connectivity index (χ1) is 16.8. The fraction of sp³-hybridized carbons (Fsp3) is 0.409. The van der Waals surface area contributed by atoms with Crippen molar-refractivity contribution in [1.82, 2.24) is 24.8 Å². The molecule has 13 heteroatoms. The molecule has 3 aromatic rings. The summed E-state index contributed by atoms with van der Waals surface area (Å²) in [7, 11) is 0. The van der Waals surface area contributed by atoms with Gasteiger partial charge in [0.25, 0.3) is 0 Å². The van der Waals surface area contributed by atoms with Crippen LogP contribution < -0.4 is 10.6 Å². The van der Waals surface area contributed by atoms with E-state index >= 15 is 0 Å². The number of piperazine rings is 1. The van der Waals surface area contributed by atoms with Crippen LogP contribution in [0.2, 0.25) is 10.0 Å². The summed E-state index contributed by atoms with van der Waals surface area (Å²) in [5.74, 6) is 0.317. The molecule has 2 aromatic heterocycles. The number of ether oxygens (including phenoxy) is 1. The summed E-state index contributed by atoms with van der Waals surface area (Å²) in [6, 6.07) is 6.01. The minimum atomic E-state index is -1.39. The Kier molecular flexibility index (Phi) is 6.82. The molecular formula is C22H24Cl2N6O5. The van der Waals surface area contributed by atoms with E-state index in [0.717, 1.165) is 13.1 Å². The fourth-order valence-corrected chi connectivity index (χ4v) is 4.69. The highest BCUT2D eigenvalue weighted by molar-refractivity contribution is 6.42. The highest BCUT2D eigenvalue weighted by Gasteiger charge is 2.47. The van der Waals surface area contributed by atoms with Gasteiger partial charge in [-0.15, -0.1) is 0 Å². The van der Waals surface area contributed by atoms with E-state index in [0.29, 0.717) is 40.5 Å². The number of anilines is 1. The number of benzene rings is 1. The topological polar surface area (TPSA) is 145 Å². The number of carbonyl (C=O) groups excluding carboxylic acids is 1. The van der Waals surface area contributed by atoms with Crippen LogP contribution in [0.1, 0.15) is 17.9 Å². The van der Waals surface area contributed by atoms with Gasteiger partial charge in [-0.25, -0.2) is 14.8 Å². The molecule has 2 amide bonds. The van der Waals surface area contributed by atoms with Gasteiger partial charge in [-0.05, 0) is 23.8 Å². The molecule has 186 valence electrons. The summed E-state index contributed by atoms with van der Waals surface area (Å²) in [6.07, 6.45) is -3.29. The average molecular weight is 523 g/mol. The molecule has 2 aliphatic rings. The van der Waals surface area contributed by atoms with Gasteiger partial charge >= 0.3 is 6.03 Å². The Bertz CT molecular complexity index is 1240. The second-order valence-corrected chi connectivity index (χ2v) is 9.25. The van der Waals surface area contributed by atoms with Crippen LogP contribution in [-0.2, 0) is 4.74 Å². The van der Waals surface area contributed by atoms with Crippen LogP contribution in [0.4, 0.5) is 10.6 Å². The molecule has 5 atom stereocenters. The molecule has 5 rings (SSSR count). The smallest absolute Gasteiger partial charge is 0.323 e. The highest BCUT2D eigenvalue weighted by atomic mass is 35.5. The van der Waals surface area contributed by atoms with Crippen molar-refractivity contribution in [2.24, 2.45) is 0 Å². The second-order valence-electron chi connectivity index (χ2n) is 8.44. The van der Waals surface area contributed by atoms with Gasteiger partial charge in [-0.1, -0.05) is 29.3 Å². The molecule has 0 saturated carbocycles. The normalized spacial score (nSPS) is 25.7. The molecule has 0 aliphatic carbocycles. The van der Waals surface area contributed by atoms with Crippen molar-refractivity contribution in [2.75, 3.05) is 31.5 Å². The van der Waals surface area contributed by atoms with E-state index in [-0.39, 0.29) is 11.1 Å². The minimum Gasteiger partial charge on any atom is -0.387 e. The molecule has 0 radical (unpaired) electrons. The average Bonchev–Trinajstić information content (AvgIpc) is 3.42. The van der Waals surface area contributed by atoms with Crippen LogP contribution >= 0.6 is 23.2 Å². The minimum absolute atomic E-state index is 0.247. The number of carbonyl (C=O) groups is 1. The van der Waals surface area contributed by atoms with Crippen molar-refractivity contribution in [1.29, 1.82) is 0 Å². The van der Waals surface area contributed by atoms with Gasteiger partial charge in [0.15, 0.2) is 6.23 Å². The predicted molar refractivity (Wildman–Crippen MR) is 128 cm³/mol. The maximum Gasteiger partial charge on any atom is 0.323 e. The second kappa shape index (κ2) is 9.86. The van der Waals surface area contributed by atoms with E-state index in [9.17, 15) is 20.1 Å². The zero-order chi connectivity index (χ0) is 24.7. The zero-order valence-corrected chi connectivity index (χ0v) is 19.9. The lowest BCUT2D eigenvalue weighted by atomic mass is 9.99. The molecule has 5 N–H and O–H groups in total. The number of aliphatic hydroxyl groups excluding tert-OH is 3. The number of aromatic nitrogens is 3. The lowest BCUT2D eigenvalue weighted by molar-refractivity contribution is -0.0848. The Hall–Kier alpha value is -2.51. The number of aliphatic hydroxyl groups is 3. The summed E-state index contributed by atoms with van der Waals surface area (Å²) in [5, 5.41) is 39.4.